The van der Waals surface area contributed by atoms with Gasteiger partial charge in [-0.2, -0.15) is 0 Å². The predicted molar refractivity (Wildman–Crippen MR) is 87.4 cm³/mol. The number of aliphatic imine (C=N–C) groups is 1. The van der Waals surface area contributed by atoms with Gasteiger partial charge in [-0.25, -0.2) is 4.99 Å². The van der Waals surface area contributed by atoms with Crippen molar-refractivity contribution < 1.29 is 4.74 Å². The van der Waals surface area contributed by atoms with Crippen LogP contribution < -0.4 is 5.32 Å². The quantitative estimate of drug-likeness (QED) is 0.853. The molecule has 1 aliphatic rings. The smallest absolute Gasteiger partial charge is 0.290 e. The molecule has 5 heteroatoms. The van der Waals surface area contributed by atoms with Crippen LogP contribution in [-0.2, 0) is 4.74 Å². The third kappa shape index (κ3) is 2.85. The van der Waals surface area contributed by atoms with Crippen LogP contribution in [0.4, 0.5) is 5.69 Å². The van der Waals surface area contributed by atoms with Gasteiger partial charge < -0.3 is 10.1 Å². The van der Waals surface area contributed by atoms with E-state index in [2.05, 4.69) is 10.3 Å². The summed E-state index contributed by atoms with van der Waals surface area (Å²) in [6.07, 6.45) is -0.320. The van der Waals surface area contributed by atoms with E-state index in [1.807, 2.05) is 49.4 Å². The molecule has 0 aliphatic carbocycles. The zero-order valence-electron chi connectivity index (χ0n) is 11.4. The Morgan fingerprint density at radius 1 is 1.14 bits per heavy atom. The third-order valence-corrected chi connectivity index (χ3v) is 3.84. The fraction of sp³-hybridized carbons (Fsp3) is 0.188. The maximum Gasteiger partial charge on any atom is 0.290 e. The Bertz CT molecular complexity index is 700. The first-order valence-electron chi connectivity index (χ1n) is 6.71. The number of hydrogen-bond donors (Lipinski definition) is 1. The Hall–Kier alpha value is -1.71. The van der Waals surface area contributed by atoms with Crippen molar-refractivity contribution in [3.8, 4) is 0 Å². The Labute approximate surface area is 133 Å². The fourth-order valence-electron chi connectivity index (χ4n) is 2.32. The number of hydrogen-bond acceptors (Lipinski definition) is 2. The normalized spacial score (nSPS) is 18.8. The lowest BCUT2D eigenvalue weighted by atomic mass is 9.98. The first kappa shape index (κ1) is 14.2. The van der Waals surface area contributed by atoms with Crippen LogP contribution in [0.25, 0.3) is 0 Å². The molecule has 1 atom stereocenters. The molecule has 3 rings (SSSR count). The monoisotopic (exact) mass is 320 g/mol. The molecule has 0 aromatic heterocycles. The number of benzene rings is 2. The summed E-state index contributed by atoms with van der Waals surface area (Å²) in [7, 11) is 0. The molecule has 1 heterocycles. The Morgan fingerprint density at radius 3 is 2.71 bits per heavy atom. The molecule has 108 valence electrons. The van der Waals surface area contributed by atoms with Gasteiger partial charge in [0.1, 0.15) is 0 Å². The molecule has 0 bridgehead atoms. The number of ether oxygens (including phenoxy) is 1. The van der Waals surface area contributed by atoms with E-state index in [0.29, 0.717) is 22.6 Å². The standard InChI is InChI=1S/C16H14Cl2N2O/c1-2-19-16-20-14-8-7-10(17)9-12(14)15(21-16)11-5-3-4-6-13(11)18/h3-9,15H,2H2,1H3,(H,19,20). The molecule has 0 fully saturated rings. The number of anilines is 1. The zero-order valence-corrected chi connectivity index (χ0v) is 12.9. The van der Waals surface area contributed by atoms with E-state index in [9.17, 15) is 0 Å². The molecule has 3 nitrogen and oxygen atoms in total. The summed E-state index contributed by atoms with van der Waals surface area (Å²) in [6.45, 7) is 2.60. The van der Waals surface area contributed by atoms with Gasteiger partial charge in [0.15, 0.2) is 6.10 Å². The molecule has 1 unspecified atom stereocenters. The SMILES string of the molecule is CCN=C1Nc2ccc(Cl)cc2C(c2ccccc2Cl)O1. The van der Waals surface area contributed by atoms with Crippen LogP contribution in [0.5, 0.6) is 0 Å². The van der Waals surface area contributed by atoms with Crippen molar-refractivity contribution in [2.24, 2.45) is 4.99 Å². The van der Waals surface area contributed by atoms with E-state index in [4.69, 9.17) is 27.9 Å². The van der Waals surface area contributed by atoms with Crippen molar-refractivity contribution in [3.63, 3.8) is 0 Å². The van der Waals surface area contributed by atoms with E-state index in [1.165, 1.54) is 0 Å². The van der Waals surface area contributed by atoms with Gasteiger partial charge in [0.2, 0.25) is 0 Å². The molecular formula is C16H14Cl2N2O. The van der Waals surface area contributed by atoms with Crippen LogP contribution in [0.2, 0.25) is 10.0 Å². The first-order chi connectivity index (χ1) is 10.2. The minimum absolute atomic E-state index is 0.320. The molecule has 2 aromatic rings. The van der Waals surface area contributed by atoms with Crippen LogP contribution in [0.3, 0.4) is 0 Å². The third-order valence-electron chi connectivity index (χ3n) is 3.26. The van der Waals surface area contributed by atoms with Crippen LogP contribution in [0.15, 0.2) is 47.5 Å². The molecule has 2 aromatic carbocycles. The van der Waals surface area contributed by atoms with Crippen LogP contribution in [0, 0.1) is 0 Å². The summed E-state index contributed by atoms with van der Waals surface area (Å²) < 4.78 is 5.97. The second kappa shape index (κ2) is 5.96. The molecule has 0 saturated carbocycles. The zero-order chi connectivity index (χ0) is 14.8. The van der Waals surface area contributed by atoms with Gasteiger partial charge in [-0.05, 0) is 31.2 Å². The maximum atomic E-state index is 6.32. The van der Waals surface area contributed by atoms with Gasteiger partial charge in [0.05, 0.1) is 0 Å². The molecule has 1 aliphatic heterocycles. The lowest BCUT2D eigenvalue weighted by Gasteiger charge is -2.29. The number of rotatable bonds is 2. The largest absolute Gasteiger partial charge is 0.452 e. The van der Waals surface area contributed by atoms with Crippen molar-refractivity contribution in [3.05, 3.63) is 63.6 Å². The summed E-state index contributed by atoms with van der Waals surface area (Å²) >= 11 is 12.4. The molecule has 21 heavy (non-hydrogen) atoms. The molecule has 0 amide bonds. The summed E-state index contributed by atoms with van der Waals surface area (Å²) in [6, 6.07) is 13.8. The lowest BCUT2D eigenvalue weighted by molar-refractivity contribution is 0.226. The minimum atomic E-state index is -0.320. The fourth-order valence-corrected chi connectivity index (χ4v) is 2.74. The lowest BCUT2D eigenvalue weighted by Crippen LogP contribution is -2.27. The predicted octanol–water partition coefficient (Wildman–Crippen LogP) is 4.90. The van der Waals surface area contributed by atoms with Gasteiger partial charge in [-0.1, -0.05) is 41.4 Å². The highest BCUT2D eigenvalue weighted by Gasteiger charge is 2.28. The van der Waals surface area contributed by atoms with Crippen molar-refractivity contribution in [2.75, 3.05) is 11.9 Å². The highest BCUT2D eigenvalue weighted by molar-refractivity contribution is 6.31. The van der Waals surface area contributed by atoms with Crippen LogP contribution in [0.1, 0.15) is 24.2 Å². The van der Waals surface area contributed by atoms with Crippen LogP contribution in [-0.4, -0.2) is 12.6 Å². The van der Waals surface area contributed by atoms with Gasteiger partial charge in [0, 0.05) is 33.4 Å². The number of nitrogens with zero attached hydrogens (tertiary/aromatic N) is 1. The minimum Gasteiger partial charge on any atom is -0.452 e. The van der Waals surface area contributed by atoms with Gasteiger partial charge >= 0.3 is 0 Å². The van der Waals surface area contributed by atoms with Crippen molar-refractivity contribution >= 4 is 34.9 Å². The van der Waals surface area contributed by atoms with E-state index in [0.717, 1.165) is 16.8 Å². The number of nitrogens with one attached hydrogen (secondary N) is 1. The summed E-state index contributed by atoms with van der Waals surface area (Å²) in [5.74, 6) is 0. The number of amidine groups is 1. The molecule has 0 spiro atoms. The molecule has 0 radical (unpaired) electrons. The van der Waals surface area contributed by atoms with Crippen molar-refractivity contribution in [1.29, 1.82) is 0 Å². The van der Waals surface area contributed by atoms with E-state index >= 15 is 0 Å². The van der Waals surface area contributed by atoms with Gasteiger partial charge in [-0.15, -0.1) is 0 Å². The topological polar surface area (TPSA) is 33.6 Å². The van der Waals surface area contributed by atoms with E-state index in [-0.39, 0.29) is 6.10 Å². The average Bonchev–Trinajstić information content (AvgIpc) is 2.48. The van der Waals surface area contributed by atoms with Crippen LogP contribution >= 0.6 is 23.2 Å². The van der Waals surface area contributed by atoms with Crippen molar-refractivity contribution in [2.45, 2.75) is 13.0 Å². The number of halogens is 2. The second-order valence-corrected chi connectivity index (χ2v) is 5.50. The second-order valence-electron chi connectivity index (χ2n) is 4.66. The average molecular weight is 321 g/mol. The van der Waals surface area contributed by atoms with E-state index < -0.39 is 0 Å². The Morgan fingerprint density at radius 2 is 1.95 bits per heavy atom. The number of fused-ring (bicyclic) bond motifs is 1. The molecular weight excluding hydrogens is 307 g/mol. The highest BCUT2D eigenvalue weighted by Crippen LogP contribution is 2.39. The van der Waals surface area contributed by atoms with Gasteiger partial charge in [-0.3, -0.25) is 0 Å². The summed E-state index contributed by atoms with van der Waals surface area (Å²) in [5.41, 5.74) is 2.78. The first-order valence-corrected chi connectivity index (χ1v) is 7.46. The maximum absolute atomic E-state index is 6.32. The highest BCUT2D eigenvalue weighted by atomic mass is 35.5. The molecule has 1 N–H and O–H groups in total. The summed E-state index contributed by atoms with van der Waals surface area (Å²) in [5, 5.41) is 4.49. The van der Waals surface area contributed by atoms with E-state index in [1.54, 1.807) is 0 Å². The Kier molecular flexibility index (Phi) is 4.04. The summed E-state index contributed by atoms with van der Waals surface area (Å²) in [4.78, 5) is 4.32. The van der Waals surface area contributed by atoms with Crippen molar-refractivity contribution in [1.82, 2.24) is 0 Å². The molecule has 0 saturated heterocycles. The van der Waals surface area contributed by atoms with Gasteiger partial charge in [0.25, 0.3) is 6.02 Å². The Balaban J connectivity index is 2.13.